The summed E-state index contributed by atoms with van der Waals surface area (Å²) in [6.07, 6.45) is -3.30. The SMILES string of the molecule is COC(=O)C(O)C(O)c1ccccc1C(=O)c1ccccc1. The number of methoxy groups -OCH3 is 1. The number of benzene rings is 2. The number of carbonyl (C=O) groups is 2. The predicted octanol–water partition coefficient (Wildman–Crippen LogP) is 1.48. The van der Waals surface area contributed by atoms with Crippen LogP contribution in [0.3, 0.4) is 0 Å². The van der Waals surface area contributed by atoms with Gasteiger partial charge in [0.15, 0.2) is 11.9 Å². The Morgan fingerprint density at radius 1 is 0.955 bits per heavy atom. The van der Waals surface area contributed by atoms with Crippen LogP contribution in [0.2, 0.25) is 0 Å². The molecule has 2 rings (SSSR count). The van der Waals surface area contributed by atoms with E-state index in [4.69, 9.17) is 0 Å². The highest BCUT2D eigenvalue weighted by atomic mass is 16.5. The van der Waals surface area contributed by atoms with Crippen molar-refractivity contribution in [2.75, 3.05) is 7.11 Å². The molecule has 2 atom stereocenters. The Balaban J connectivity index is 2.39. The topological polar surface area (TPSA) is 83.8 Å². The van der Waals surface area contributed by atoms with Gasteiger partial charge in [-0.25, -0.2) is 4.79 Å². The number of hydrogen-bond donors (Lipinski definition) is 2. The normalized spacial score (nSPS) is 13.2. The maximum atomic E-state index is 12.5. The number of hydrogen-bond acceptors (Lipinski definition) is 5. The minimum Gasteiger partial charge on any atom is -0.467 e. The van der Waals surface area contributed by atoms with Crippen LogP contribution in [0.25, 0.3) is 0 Å². The van der Waals surface area contributed by atoms with E-state index in [1.54, 1.807) is 42.5 Å². The quantitative estimate of drug-likeness (QED) is 0.645. The van der Waals surface area contributed by atoms with Crippen molar-refractivity contribution >= 4 is 11.8 Å². The molecule has 2 aromatic rings. The summed E-state index contributed by atoms with van der Waals surface area (Å²) in [5.41, 5.74) is 0.855. The molecule has 0 saturated heterocycles. The van der Waals surface area contributed by atoms with Gasteiger partial charge in [-0.05, 0) is 5.56 Å². The molecule has 2 unspecified atom stereocenters. The zero-order valence-electron chi connectivity index (χ0n) is 12.0. The van der Waals surface area contributed by atoms with Crippen molar-refractivity contribution in [1.29, 1.82) is 0 Å². The molecule has 5 heteroatoms. The fraction of sp³-hybridized carbons (Fsp3) is 0.176. The van der Waals surface area contributed by atoms with E-state index in [0.717, 1.165) is 7.11 Å². The monoisotopic (exact) mass is 300 g/mol. The van der Waals surface area contributed by atoms with E-state index in [1.807, 2.05) is 0 Å². The fourth-order valence-electron chi connectivity index (χ4n) is 2.13. The number of esters is 1. The minimum atomic E-state index is -1.75. The molecule has 0 amide bonds. The van der Waals surface area contributed by atoms with Crippen LogP contribution >= 0.6 is 0 Å². The van der Waals surface area contributed by atoms with E-state index in [1.165, 1.54) is 12.1 Å². The van der Waals surface area contributed by atoms with Crippen LogP contribution in [0.5, 0.6) is 0 Å². The van der Waals surface area contributed by atoms with Gasteiger partial charge in [-0.15, -0.1) is 0 Å². The Bertz CT molecular complexity index is 666. The zero-order valence-corrected chi connectivity index (χ0v) is 12.0. The van der Waals surface area contributed by atoms with Crippen LogP contribution in [-0.4, -0.2) is 35.2 Å². The standard InChI is InChI=1S/C17H16O5/c1-22-17(21)16(20)15(19)13-10-6-5-9-12(13)14(18)11-7-3-2-4-8-11/h2-10,15-16,19-20H,1H3. The van der Waals surface area contributed by atoms with Gasteiger partial charge in [0.25, 0.3) is 0 Å². The van der Waals surface area contributed by atoms with Gasteiger partial charge in [-0.2, -0.15) is 0 Å². The third kappa shape index (κ3) is 3.21. The van der Waals surface area contributed by atoms with Crippen LogP contribution < -0.4 is 0 Å². The van der Waals surface area contributed by atoms with Crippen LogP contribution in [0.1, 0.15) is 27.6 Å². The van der Waals surface area contributed by atoms with Gasteiger partial charge in [0.05, 0.1) is 7.11 Å². The highest BCUT2D eigenvalue weighted by Gasteiger charge is 2.29. The maximum absolute atomic E-state index is 12.5. The molecule has 0 bridgehead atoms. The largest absolute Gasteiger partial charge is 0.467 e. The minimum absolute atomic E-state index is 0.175. The molecule has 2 N–H and O–H groups in total. The van der Waals surface area contributed by atoms with Crippen molar-refractivity contribution in [2.45, 2.75) is 12.2 Å². The molecule has 0 heterocycles. The number of ether oxygens (including phenoxy) is 1. The third-order valence-corrected chi connectivity index (χ3v) is 3.30. The number of rotatable bonds is 5. The van der Waals surface area contributed by atoms with Crippen LogP contribution in [0, 0.1) is 0 Å². The van der Waals surface area contributed by atoms with Gasteiger partial charge in [-0.3, -0.25) is 4.79 Å². The fourth-order valence-corrected chi connectivity index (χ4v) is 2.13. The molecule has 114 valence electrons. The van der Waals surface area contributed by atoms with E-state index in [9.17, 15) is 19.8 Å². The second-order valence-electron chi connectivity index (χ2n) is 4.70. The molecular formula is C17H16O5. The summed E-state index contributed by atoms with van der Waals surface area (Å²) >= 11 is 0. The van der Waals surface area contributed by atoms with Crippen molar-refractivity contribution in [2.24, 2.45) is 0 Å². The van der Waals surface area contributed by atoms with Crippen molar-refractivity contribution in [3.05, 3.63) is 71.3 Å². The summed E-state index contributed by atoms with van der Waals surface area (Å²) in [5, 5.41) is 19.9. The average molecular weight is 300 g/mol. The van der Waals surface area contributed by atoms with E-state index in [-0.39, 0.29) is 16.9 Å². The Morgan fingerprint density at radius 3 is 2.18 bits per heavy atom. The average Bonchev–Trinajstić information content (AvgIpc) is 2.59. The predicted molar refractivity (Wildman–Crippen MR) is 79.3 cm³/mol. The number of carbonyl (C=O) groups excluding carboxylic acids is 2. The number of aliphatic hydroxyl groups excluding tert-OH is 2. The molecule has 0 spiro atoms. The van der Waals surface area contributed by atoms with Crippen molar-refractivity contribution in [1.82, 2.24) is 0 Å². The molecule has 0 radical (unpaired) electrons. The summed E-state index contributed by atoms with van der Waals surface area (Å²) in [6, 6.07) is 14.9. The molecule has 0 aliphatic carbocycles. The molecule has 0 saturated carbocycles. The van der Waals surface area contributed by atoms with Crippen molar-refractivity contribution in [3.63, 3.8) is 0 Å². The Kier molecular flexibility index (Phi) is 5.04. The molecule has 22 heavy (non-hydrogen) atoms. The summed E-state index contributed by atoms with van der Waals surface area (Å²) in [7, 11) is 1.11. The summed E-state index contributed by atoms with van der Waals surface area (Å²) in [5.74, 6) is -1.26. The highest BCUT2D eigenvalue weighted by molar-refractivity contribution is 6.10. The zero-order chi connectivity index (χ0) is 16.1. The summed E-state index contributed by atoms with van der Waals surface area (Å²) < 4.78 is 4.41. The lowest BCUT2D eigenvalue weighted by molar-refractivity contribution is -0.156. The summed E-state index contributed by atoms with van der Waals surface area (Å²) in [6.45, 7) is 0. The number of ketones is 1. The first kappa shape index (κ1) is 15.9. The molecule has 0 aromatic heterocycles. The lowest BCUT2D eigenvalue weighted by Gasteiger charge is -2.18. The molecule has 5 nitrogen and oxygen atoms in total. The second-order valence-corrected chi connectivity index (χ2v) is 4.70. The van der Waals surface area contributed by atoms with Gasteiger partial charge < -0.3 is 14.9 Å². The third-order valence-electron chi connectivity index (χ3n) is 3.30. The Labute approximate surface area is 127 Å². The van der Waals surface area contributed by atoms with E-state index in [0.29, 0.717) is 5.56 Å². The smallest absolute Gasteiger partial charge is 0.337 e. The molecule has 0 aliphatic heterocycles. The van der Waals surface area contributed by atoms with E-state index >= 15 is 0 Å². The lowest BCUT2D eigenvalue weighted by Crippen LogP contribution is -2.30. The Morgan fingerprint density at radius 2 is 1.55 bits per heavy atom. The van der Waals surface area contributed by atoms with Crippen LogP contribution in [-0.2, 0) is 9.53 Å². The van der Waals surface area contributed by atoms with Crippen molar-refractivity contribution < 1.29 is 24.5 Å². The second kappa shape index (κ2) is 6.98. The van der Waals surface area contributed by atoms with Gasteiger partial charge >= 0.3 is 5.97 Å². The van der Waals surface area contributed by atoms with Crippen LogP contribution in [0.15, 0.2) is 54.6 Å². The van der Waals surface area contributed by atoms with Gasteiger partial charge in [-0.1, -0.05) is 54.6 Å². The molecular weight excluding hydrogens is 284 g/mol. The lowest BCUT2D eigenvalue weighted by atomic mass is 9.93. The first-order valence-electron chi connectivity index (χ1n) is 6.69. The first-order valence-corrected chi connectivity index (χ1v) is 6.69. The van der Waals surface area contributed by atoms with E-state index in [2.05, 4.69) is 4.74 Å². The van der Waals surface area contributed by atoms with Crippen LogP contribution in [0.4, 0.5) is 0 Å². The van der Waals surface area contributed by atoms with Crippen molar-refractivity contribution in [3.8, 4) is 0 Å². The van der Waals surface area contributed by atoms with Gasteiger partial charge in [0.1, 0.15) is 6.10 Å². The van der Waals surface area contributed by atoms with Gasteiger partial charge in [0.2, 0.25) is 0 Å². The highest BCUT2D eigenvalue weighted by Crippen LogP contribution is 2.24. The maximum Gasteiger partial charge on any atom is 0.337 e. The Hall–Kier alpha value is -2.50. The molecule has 0 fully saturated rings. The first-order chi connectivity index (χ1) is 10.6. The molecule has 2 aromatic carbocycles. The van der Waals surface area contributed by atoms with E-state index < -0.39 is 18.2 Å². The molecule has 0 aliphatic rings. The number of aliphatic hydroxyl groups is 2. The van der Waals surface area contributed by atoms with Gasteiger partial charge in [0, 0.05) is 11.1 Å². The summed E-state index contributed by atoms with van der Waals surface area (Å²) in [4.78, 5) is 23.9.